The number of nitrogens with zero attached hydrogens (tertiary/aromatic N) is 1. The van der Waals surface area contributed by atoms with Crippen molar-refractivity contribution in [2.75, 3.05) is 27.9 Å². The van der Waals surface area contributed by atoms with E-state index in [1.807, 2.05) is 26.0 Å². The molecule has 4 rings (SSSR count). The Morgan fingerprint density at radius 3 is 2.30 bits per heavy atom. The first-order chi connectivity index (χ1) is 27.0. The van der Waals surface area contributed by atoms with Crippen molar-refractivity contribution in [3.8, 4) is 0 Å². The molecule has 3 aliphatic heterocycles. The number of halogens is 1. The minimum Gasteiger partial charge on any atom is -0.456 e. The molecule has 0 spiro atoms. The van der Waals surface area contributed by atoms with Crippen LogP contribution in [0.1, 0.15) is 105 Å². The molecule has 12 nitrogen and oxygen atoms in total. The molecule has 1 saturated carbocycles. The summed E-state index contributed by atoms with van der Waals surface area (Å²) in [5.41, 5.74) is 1.56. The number of ether oxygens (including phenoxy) is 5. The Morgan fingerprint density at radius 2 is 1.65 bits per heavy atom. The highest BCUT2D eigenvalue weighted by atomic mass is 19.1. The van der Waals surface area contributed by atoms with E-state index in [1.165, 1.54) is 26.2 Å². The smallest absolute Gasteiger partial charge is 0.329 e. The van der Waals surface area contributed by atoms with Crippen molar-refractivity contribution in [1.82, 2.24) is 4.90 Å². The van der Waals surface area contributed by atoms with Crippen LogP contribution in [-0.4, -0.2) is 121 Å². The predicted molar refractivity (Wildman–Crippen MR) is 211 cm³/mol. The first kappa shape index (κ1) is 46.9. The maximum atomic E-state index is 14.5. The van der Waals surface area contributed by atoms with Crippen molar-refractivity contribution >= 4 is 23.4 Å². The number of aliphatic hydroxyl groups excluding tert-OH is 1. The van der Waals surface area contributed by atoms with Crippen LogP contribution in [0.2, 0.25) is 0 Å². The zero-order valence-corrected chi connectivity index (χ0v) is 35.3. The van der Waals surface area contributed by atoms with Crippen molar-refractivity contribution in [2.45, 2.75) is 160 Å². The molecule has 0 aromatic carbocycles. The zero-order valence-electron chi connectivity index (χ0n) is 35.3. The van der Waals surface area contributed by atoms with Crippen LogP contribution >= 0.6 is 0 Å². The van der Waals surface area contributed by atoms with Gasteiger partial charge in [0.2, 0.25) is 5.79 Å². The average Bonchev–Trinajstić information content (AvgIpc) is 3.18. The highest BCUT2D eigenvalue weighted by Crippen LogP contribution is 2.39. The summed E-state index contributed by atoms with van der Waals surface area (Å²) in [6.07, 6.45) is 3.51. The molecule has 0 aromatic heterocycles. The number of piperidine rings is 1. The lowest BCUT2D eigenvalue weighted by atomic mass is 9.81. The van der Waals surface area contributed by atoms with E-state index in [1.54, 1.807) is 26.8 Å². The second-order valence-electron chi connectivity index (χ2n) is 17.2. The van der Waals surface area contributed by atoms with Gasteiger partial charge in [-0.2, -0.15) is 0 Å². The van der Waals surface area contributed by atoms with Crippen molar-refractivity contribution in [1.29, 1.82) is 0 Å². The van der Waals surface area contributed by atoms with Gasteiger partial charge < -0.3 is 38.8 Å². The quantitative estimate of drug-likeness (QED) is 0.187. The zero-order chi connectivity index (χ0) is 42.2. The van der Waals surface area contributed by atoms with Crippen LogP contribution in [0.25, 0.3) is 0 Å². The second kappa shape index (κ2) is 20.9. The van der Waals surface area contributed by atoms with Gasteiger partial charge in [-0.25, -0.2) is 9.18 Å². The number of hydrogen-bond donors (Lipinski definition) is 2. The Bertz CT molecular complexity index is 1480. The lowest BCUT2D eigenvalue weighted by Gasteiger charge is -2.47. The number of rotatable bonds is 7. The number of carbonyl (C=O) groups is 4. The lowest BCUT2D eigenvalue weighted by Crippen LogP contribution is -2.64. The van der Waals surface area contributed by atoms with Crippen LogP contribution in [0.15, 0.2) is 36.0 Å². The van der Waals surface area contributed by atoms with E-state index in [0.717, 1.165) is 5.57 Å². The fourth-order valence-corrected chi connectivity index (χ4v) is 9.39. The summed E-state index contributed by atoms with van der Waals surface area (Å²) in [6.45, 7) is 13.0. The molecule has 0 aromatic rings. The molecule has 4 aliphatic rings. The second-order valence-corrected chi connectivity index (χ2v) is 17.2. The van der Waals surface area contributed by atoms with Gasteiger partial charge >= 0.3 is 5.97 Å². The summed E-state index contributed by atoms with van der Waals surface area (Å²) >= 11 is 0. The van der Waals surface area contributed by atoms with Crippen molar-refractivity contribution < 1.29 is 57.5 Å². The topological polar surface area (TPSA) is 158 Å². The van der Waals surface area contributed by atoms with E-state index in [2.05, 4.69) is 6.58 Å². The van der Waals surface area contributed by atoms with E-state index < -0.39 is 90.0 Å². The molecular formula is C44H68FNO11. The Balaban J connectivity index is 1.78. The van der Waals surface area contributed by atoms with E-state index in [4.69, 9.17) is 23.7 Å². The summed E-state index contributed by atoms with van der Waals surface area (Å²) in [5, 5.41) is 23.7. The third kappa shape index (κ3) is 11.3. The number of ketones is 2. The summed E-state index contributed by atoms with van der Waals surface area (Å²) in [5.74, 6) is -7.96. The van der Waals surface area contributed by atoms with Gasteiger partial charge in [-0.15, -0.1) is 6.58 Å². The number of carbonyl (C=O) groups excluding carboxylic acids is 4. The van der Waals surface area contributed by atoms with Gasteiger partial charge in [-0.1, -0.05) is 44.6 Å². The van der Waals surface area contributed by atoms with Gasteiger partial charge in [0, 0.05) is 52.0 Å². The van der Waals surface area contributed by atoms with Crippen LogP contribution < -0.4 is 0 Å². The fourth-order valence-electron chi connectivity index (χ4n) is 9.39. The molecule has 14 atom stereocenters. The number of aliphatic hydroxyl groups is 2. The van der Waals surface area contributed by atoms with E-state index in [-0.39, 0.29) is 43.4 Å². The number of hydrogen-bond acceptors (Lipinski definition) is 11. The number of methoxy groups -OCH3 is 3. The highest BCUT2D eigenvalue weighted by molar-refractivity contribution is 6.39. The van der Waals surface area contributed by atoms with Gasteiger partial charge in [0.1, 0.15) is 30.2 Å². The summed E-state index contributed by atoms with van der Waals surface area (Å²) in [7, 11) is 4.52. The first-order valence-corrected chi connectivity index (χ1v) is 20.8. The van der Waals surface area contributed by atoms with Crippen molar-refractivity contribution in [3.05, 3.63) is 36.0 Å². The van der Waals surface area contributed by atoms with Crippen LogP contribution in [0.3, 0.4) is 0 Å². The first-order valence-electron chi connectivity index (χ1n) is 20.8. The molecule has 57 heavy (non-hydrogen) atoms. The van der Waals surface area contributed by atoms with Crippen molar-refractivity contribution in [2.24, 2.45) is 29.6 Å². The largest absolute Gasteiger partial charge is 0.456 e. The normalized spacial score (nSPS) is 41.0. The van der Waals surface area contributed by atoms with Crippen LogP contribution in [0, 0.1) is 29.6 Å². The molecule has 1 aliphatic carbocycles. The number of amides is 1. The molecule has 2 bridgehead atoms. The molecule has 2 N–H and O–H groups in total. The number of cyclic esters (lactones) is 1. The SMILES string of the molecule is C=CC[C@@H]1/C=C(\C)C[C@H](C)C[C@H](OC)[C@H]2O[C@@](O)(C(=O)C(=O)N3CCCC[C@H]3C(=O)O[C@H](/C(C)=C/[C@@H]3CC[C@H](F)[C@H](OC)C3)[C@H](C)[C@@H](O)CC1=O)[C@H](C)C[C@@H]2OC. The van der Waals surface area contributed by atoms with Gasteiger partial charge in [-0.3, -0.25) is 14.4 Å². The van der Waals surface area contributed by atoms with E-state index in [9.17, 15) is 33.8 Å². The van der Waals surface area contributed by atoms with Crippen molar-refractivity contribution in [3.63, 3.8) is 0 Å². The average molecular weight is 806 g/mol. The minimum absolute atomic E-state index is 0.00296. The van der Waals surface area contributed by atoms with Crippen LogP contribution in [0.5, 0.6) is 0 Å². The standard InChI is InChI=1S/C44H68FNO11/c1-10-13-31-19-25(2)18-26(3)20-37(54-8)40-38(55-9)22-28(5)44(52,57-40)41(49)42(50)46-17-12-11-14-33(46)43(51)56-39(29(6)34(47)24-35(31)48)27(4)21-30-15-16-32(45)36(23-30)53-7/h10,19,21,26,28-34,36-40,47,52H,1,11-18,20,22-24H2,2-9H3/b25-19+,27-21+/t26-,28+,29+,30-,31+,32-,33-,34-,36+,37-,38-,39+,40+,44+/m0/s1. The number of alkyl halides is 1. The minimum atomic E-state index is -2.52. The maximum absolute atomic E-state index is 14.5. The molecule has 13 heteroatoms. The van der Waals surface area contributed by atoms with E-state index in [0.29, 0.717) is 56.9 Å². The van der Waals surface area contributed by atoms with Crippen LogP contribution in [-0.2, 0) is 42.9 Å². The molecular weight excluding hydrogens is 737 g/mol. The summed E-state index contributed by atoms with van der Waals surface area (Å²) < 4.78 is 44.1. The number of allylic oxidation sites excluding steroid dienone is 4. The Hall–Kier alpha value is -2.81. The summed E-state index contributed by atoms with van der Waals surface area (Å²) in [6, 6.07) is -1.16. The third-order valence-corrected chi connectivity index (χ3v) is 12.8. The molecule has 2 saturated heterocycles. The fraction of sp³-hybridized carbons (Fsp3) is 0.773. The molecule has 0 radical (unpaired) electrons. The number of fused-ring (bicyclic) bond motifs is 3. The summed E-state index contributed by atoms with van der Waals surface area (Å²) in [4.78, 5) is 57.8. The van der Waals surface area contributed by atoms with Gasteiger partial charge in [0.15, 0.2) is 0 Å². The number of Topliss-reactive ketones (excluding diaryl/α,β-unsaturated/α-hetero) is 2. The lowest BCUT2D eigenvalue weighted by molar-refractivity contribution is -0.302. The van der Waals surface area contributed by atoms with Gasteiger partial charge in [0.25, 0.3) is 11.7 Å². The van der Waals surface area contributed by atoms with E-state index >= 15 is 0 Å². The monoisotopic (exact) mass is 805 g/mol. The molecule has 0 unspecified atom stereocenters. The van der Waals surface area contributed by atoms with Gasteiger partial charge in [-0.05, 0) is 95.5 Å². The number of esters is 1. The molecule has 3 heterocycles. The van der Waals surface area contributed by atoms with Crippen LogP contribution in [0.4, 0.5) is 4.39 Å². The Morgan fingerprint density at radius 1 is 0.982 bits per heavy atom. The maximum Gasteiger partial charge on any atom is 0.329 e. The highest BCUT2D eigenvalue weighted by Gasteiger charge is 2.56. The predicted octanol–water partition coefficient (Wildman–Crippen LogP) is 5.62. The Labute approximate surface area is 338 Å². The molecule has 1 amide bonds. The molecule has 322 valence electrons. The third-order valence-electron chi connectivity index (χ3n) is 12.8. The molecule has 3 fully saturated rings. The Kier molecular flexibility index (Phi) is 17.2. The van der Waals surface area contributed by atoms with Gasteiger partial charge in [0.05, 0.1) is 24.4 Å².